The molecule has 90 valence electrons. The lowest BCUT2D eigenvalue weighted by Crippen LogP contribution is -2.24. The van der Waals surface area contributed by atoms with Gasteiger partial charge in [-0.05, 0) is 40.0 Å². The van der Waals surface area contributed by atoms with Gasteiger partial charge in [-0.1, -0.05) is 0 Å². The Balaban J connectivity index is 3.11. The molecule has 1 aromatic rings. The average molecular weight is 241 g/mol. The molecule has 1 N–H and O–H groups in total. The highest BCUT2D eigenvalue weighted by molar-refractivity contribution is 7.99. The second-order valence-electron chi connectivity index (χ2n) is 4.64. The number of hydrogen-bond acceptors (Lipinski definition) is 2. The summed E-state index contributed by atoms with van der Waals surface area (Å²) in [5.74, 6) is -0.846. The molecule has 0 saturated heterocycles. The zero-order valence-electron chi connectivity index (χ0n) is 10.5. The van der Waals surface area contributed by atoms with Crippen molar-refractivity contribution in [3.05, 3.63) is 23.0 Å². The van der Waals surface area contributed by atoms with Gasteiger partial charge in [-0.3, -0.25) is 0 Å². The Labute approximate surface area is 101 Å². The third-order valence-corrected chi connectivity index (χ3v) is 4.13. The molecule has 0 fully saturated rings. The largest absolute Gasteiger partial charge is 0.478 e. The van der Waals surface area contributed by atoms with Crippen LogP contribution in [0, 0.1) is 13.8 Å². The van der Waals surface area contributed by atoms with Gasteiger partial charge in [-0.2, -0.15) is 11.8 Å². The molecule has 16 heavy (non-hydrogen) atoms. The van der Waals surface area contributed by atoms with Crippen LogP contribution in [0.15, 0.2) is 6.07 Å². The summed E-state index contributed by atoms with van der Waals surface area (Å²) in [7, 11) is 0. The molecule has 1 heterocycles. The van der Waals surface area contributed by atoms with E-state index in [1.165, 1.54) is 0 Å². The van der Waals surface area contributed by atoms with Crippen LogP contribution in [-0.2, 0) is 6.54 Å². The minimum absolute atomic E-state index is 0.115. The summed E-state index contributed by atoms with van der Waals surface area (Å²) >= 11 is 1.79. The maximum atomic E-state index is 11.0. The van der Waals surface area contributed by atoms with Gasteiger partial charge in [0.1, 0.15) is 0 Å². The fourth-order valence-electron chi connectivity index (χ4n) is 1.71. The van der Waals surface area contributed by atoms with Crippen LogP contribution in [0.1, 0.15) is 35.6 Å². The Kier molecular flexibility index (Phi) is 3.73. The Hall–Kier alpha value is -0.900. The molecule has 0 radical (unpaired) electrons. The molecular formula is C12H19NO2S. The van der Waals surface area contributed by atoms with Crippen molar-refractivity contribution in [1.29, 1.82) is 0 Å². The number of aromatic carboxylic acids is 1. The average Bonchev–Trinajstić information content (AvgIpc) is 2.45. The van der Waals surface area contributed by atoms with Crippen molar-refractivity contribution in [2.24, 2.45) is 0 Å². The van der Waals surface area contributed by atoms with Crippen molar-refractivity contribution >= 4 is 17.7 Å². The zero-order valence-corrected chi connectivity index (χ0v) is 11.3. The number of aryl methyl sites for hydroxylation is 1. The van der Waals surface area contributed by atoms with Gasteiger partial charge in [0.15, 0.2) is 0 Å². The summed E-state index contributed by atoms with van der Waals surface area (Å²) in [6, 6.07) is 1.74. The van der Waals surface area contributed by atoms with E-state index in [9.17, 15) is 4.79 Å². The van der Waals surface area contributed by atoms with E-state index in [4.69, 9.17) is 5.11 Å². The SMILES string of the molecule is CSC(C)(C)Cn1c(C)cc(C(=O)O)c1C. The highest BCUT2D eigenvalue weighted by Crippen LogP contribution is 2.26. The molecule has 1 rings (SSSR count). The van der Waals surface area contributed by atoms with Crippen molar-refractivity contribution in [2.45, 2.75) is 39.0 Å². The number of aromatic nitrogens is 1. The smallest absolute Gasteiger partial charge is 0.337 e. The van der Waals surface area contributed by atoms with E-state index in [-0.39, 0.29) is 4.75 Å². The summed E-state index contributed by atoms with van der Waals surface area (Å²) in [5.41, 5.74) is 2.26. The Bertz CT molecular complexity index is 407. The highest BCUT2D eigenvalue weighted by atomic mass is 32.2. The van der Waals surface area contributed by atoms with E-state index in [0.717, 1.165) is 17.9 Å². The van der Waals surface area contributed by atoms with E-state index in [2.05, 4.69) is 24.7 Å². The third kappa shape index (κ3) is 2.61. The van der Waals surface area contributed by atoms with Crippen LogP contribution in [0.25, 0.3) is 0 Å². The number of carbonyl (C=O) groups is 1. The van der Waals surface area contributed by atoms with Crippen molar-refractivity contribution < 1.29 is 9.90 Å². The van der Waals surface area contributed by atoms with Gasteiger partial charge >= 0.3 is 5.97 Å². The summed E-state index contributed by atoms with van der Waals surface area (Å²) < 4.78 is 2.20. The van der Waals surface area contributed by atoms with Gasteiger partial charge in [-0.15, -0.1) is 0 Å². The molecule has 0 unspecified atom stereocenters. The predicted molar refractivity (Wildman–Crippen MR) is 68.5 cm³/mol. The first kappa shape index (κ1) is 13.2. The topological polar surface area (TPSA) is 42.2 Å². The van der Waals surface area contributed by atoms with Gasteiger partial charge in [-0.25, -0.2) is 4.79 Å². The highest BCUT2D eigenvalue weighted by Gasteiger charge is 2.21. The lowest BCUT2D eigenvalue weighted by molar-refractivity contribution is 0.0696. The molecule has 0 atom stereocenters. The normalized spacial score (nSPS) is 11.8. The van der Waals surface area contributed by atoms with Crippen LogP contribution >= 0.6 is 11.8 Å². The van der Waals surface area contributed by atoms with Gasteiger partial charge < -0.3 is 9.67 Å². The number of thioether (sulfide) groups is 1. The number of nitrogens with zero attached hydrogens (tertiary/aromatic N) is 1. The lowest BCUT2D eigenvalue weighted by atomic mass is 10.2. The van der Waals surface area contributed by atoms with Gasteiger partial charge in [0.25, 0.3) is 0 Å². The monoisotopic (exact) mass is 241 g/mol. The molecule has 0 bridgehead atoms. The lowest BCUT2D eigenvalue weighted by Gasteiger charge is -2.24. The Morgan fingerprint density at radius 2 is 2.06 bits per heavy atom. The maximum Gasteiger partial charge on any atom is 0.337 e. The van der Waals surface area contributed by atoms with E-state index < -0.39 is 5.97 Å². The molecule has 0 aliphatic heterocycles. The van der Waals surface area contributed by atoms with Gasteiger partial charge in [0, 0.05) is 22.7 Å². The fourth-order valence-corrected chi connectivity index (χ4v) is 1.96. The van der Waals surface area contributed by atoms with Crippen LogP contribution in [0.5, 0.6) is 0 Å². The summed E-state index contributed by atoms with van der Waals surface area (Å²) in [6.07, 6.45) is 2.08. The molecule has 1 aromatic heterocycles. The third-order valence-electron chi connectivity index (χ3n) is 2.90. The van der Waals surface area contributed by atoms with Gasteiger partial charge in [0.2, 0.25) is 0 Å². The molecule has 0 aromatic carbocycles. The molecule has 4 heteroatoms. The zero-order chi connectivity index (χ0) is 12.5. The van der Waals surface area contributed by atoms with E-state index in [1.807, 2.05) is 13.8 Å². The van der Waals surface area contributed by atoms with Crippen molar-refractivity contribution in [1.82, 2.24) is 4.57 Å². The van der Waals surface area contributed by atoms with E-state index >= 15 is 0 Å². The first-order chi connectivity index (χ1) is 7.28. The van der Waals surface area contributed by atoms with Gasteiger partial charge in [0.05, 0.1) is 5.56 Å². The molecule has 0 aliphatic carbocycles. The summed E-state index contributed by atoms with van der Waals surface area (Å²) in [4.78, 5) is 11.0. The van der Waals surface area contributed by atoms with Crippen molar-refractivity contribution in [2.75, 3.05) is 6.26 Å². The molecule has 0 spiro atoms. The molecule has 0 aliphatic rings. The Morgan fingerprint density at radius 3 is 2.44 bits per heavy atom. The molecule has 0 saturated carbocycles. The number of hydrogen-bond donors (Lipinski definition) is 1. The molecule has 0 amide bonds. The van der Waals surface area contributed by atoms with Crippen LogP contribution < -0.4 is 0 Å². The number of carboxylic acid groups (broad SMARTS) is 1. The van der Waals surface area contributed by atoms with Crippen molar-refractivity contribution in [3.63, 3.8) is 0 Å². The second-order valence-corrected chi connectivity index (χ2v) is 6.15. The first-order valence-electron chi connectivity index (χ1n) is 5.23. The van der Waals surface area contributed by atoms with Crippen molar-refractivity contribution in [3.8, 4) is 0 Å². The predicted octanol–water partition coefficient (Wildman–Crippen LogP) is 2.94. The van der Waals surface area contributed by atoms with Crippen LogP contribution in [0.2, 0.25) is 0 Å². The number of carboxylic acids is 1. The van der Waals surface area contributed by atoms with Crippen LogP contribution in [0.4, 0.5) is 0 Å². The minimum atomic E-state index is -0.846. The Morgan fingerprint density at radius 1 is 1.50 bits per heavy atom. The summed E-state index contributed by atoms with van der Waals surface area (Å²) in [5, 5.41) is 9.04. The quantitative estimate of drug-likeness (QED) is 0.881. The molecule has 3 nitrogen and oxygen atoms in total. The van der Waals surface area contributed by atoms with Crippen LogP contribution in [-0.4, -0.2) is 26.6 Å². The minimum Gasteiger partial charge on any atom is -0.478 e. The second kappa shape index (κ2) is 4.53. The summed E-state index contributed by atoms with van der Waals surface area (Å²) in [6.45, 7) is 8.98. The van der Waals surface area contributed by atoms with Crippen LogP contribution in [0.3, 0.4) is 0 Å². The van der Waals surface area contributed by atoms with E-state index in [1.54, 1.807) is 17.8 Å². The standard InChI is InChI=1S/C12H19NO2S/c1-8-6-10(11(14)15)9(2)13(8)7-12(3,4)16-5/h6H,7H2,1-5H3,(H,14,15). The fraction of sp³-hybridized carbons (Fsp3) is 0.583. The van der Waals surface area contributed by atoms with E-state index in [0.29, 0.717) is 5.56 Å². The first-order valence-corrected chi connectivity index (χ1v) is 6.46. The molecular weight excluding hydrogens is 222 g/mol. The maximum absolute atomic E-state index is 11.0. The number of rotatable bonds is 4.